The van der Waals surface area contributed by atoms with E-state index in [1.165, 1.54) is 34.6 Å². The Morgan fingerprint density at radius 1 is 1.12 bits per heavy atom. The average molecular weight is 581 g/mol. The van der Waals surface area contributed by atoms with Crippen molar-refractivity contribution < 1.29 is 23.2 Å². The van der Waals surface area contributed by atoms with Crippen LogP contribution in [0.1, 0.15) is 28.1 Å². The van der Waals surface area contributed by atoms with Gasteiger partial charge in [0.2, 0.25) is 0 Å². The largest absolute Gasteiger partial charge is 0.399 e. The van der Waals surface area contributed by atoms with Gasteiger partial charge in [-0.25, -0.2) is 8.78 Å². The topological polar surface area (TPSA) is 86.9 Å². The van der Waals surface area contributed by atoms with Crippen molar-refractivity contribution in [3.05, 3.63) is 99.8 Å². The van der Waals surface area contributed by atoms with E-state index in [-0.39, 0.29) is 35.9 Å². The van der Waals surface area contributed by atoms with Gasteiger partial charge in [-0.2, -0.15) is 0 Å². The van der Waals surface area contributed by atoms with E-state index in [0.29, 0.717) is 41.0 Å². The minimum atomic E-state index is -0.734. The zero-order valence-corrected chi connectivity index (χ0v) is 23.7. The van der Waals surface area contributed by atoms with Gasteiger partial charge in [0.25, 0.3) is 17.7 Å². The predicted octanol–water partition coefficient (Wildman–Crippen LogP) is 3.87. The van der Waals surface area contributed by atoms with Crippen molar-refractivity contribution in [2.75, 3.05) is 31.6 Å². The molecule has 2 aliphatic heterocycles. The Hall–Kier alpha value is -3.88. The Labute approximate surface area is 236 Å². The third-order valence-electron chi connectivity index (χ3n) is 6.87. The summed E-state index contributed by atoms with van der Waals surface area (Å²) in [6, 6.07) is 6.03. The van der Waals surface area contributed by atoms with Crippen molar-refractivity contribution in [3.8, 4) is 0 Å². The molecule has 3 aliphatic rings. The van der Waals surface area contributed by atoms with E-state index in [1.807, 2.05) is 6.07 Å². The summed E-state index contributed by atoms with van der Waals surface area (Å²) in [7, 11) is 4.13. The summed E-state index contributed by atoms with van der Waals surface area (Å²) >= 11 is 1.38. The lowest BCUT2D eigenvalue weighted by Crippen LogP contribution is -2.35. The van der Waals surface area contributed by atoms with Gasteiger partial charge in [0, 0.05) is 47.9 Å². The number of hydrogen-bond acceptors (Lipinski definition) is 6. The SMILES string of the molecule is CN(/C=C(\N)CN1C(=O)C2=C(C=CCC=C2)C1=O)c1cc(F)c(C2=CCN(C(=O)c3ccc(P)s3)CC2)c(F)c1. The first-order valence-corrected chi connectivity index (χ1v) is 14.0. The van der Waals surface area contributed by atoms with Gasteiger partial charge in [0.1, 0.15) is 11.6 Å². The lowest BCUT2D eigenvalue weighted by molar-refractivity contribution is -0.136. The summed E-state index contributed by atoms with van der Waals surface area (Å²) in [5.41, 5.74) is 7.53. The minimum Gasteiger partial charge on any atom is -0.399 e. The van der Waals surface area contributed by atoms with Crippen LogP contribution >= 0.6 is 20.6 Å². The fourth-order valence-corrected chi connectivity index (χ4v) is 6.07. The monoisotopic (exact) mass is 580 g/mol. The van der Waals surface area contributed by atoms with Crippen molar-refractivity contribution in [2.24, 2.45) is 5.73 Å². The first-order chi connectivity index (χ1) is 19.1. The van der Waals surface area contributed by atoms with Gasteiger partial charge in [-0.05, 0) is 42.7 Å². The van der Waals surface area contributed by atoms with Crippen LogP contribution in [0.2, 0.25) is 0 Å². The molecule has 1 unspecified atom stereocenters. The first kappa shape index (κ1) is 27.7. The maximum atomic E-state index is 15.2. The number of nitrogens with two attached hydrogens (primary N) is 1. The molecule has 0 radical (unpaired) electrons. The summed E-state index contributed by atoms with van der Waals surface area (Å²) in [6.07, 6.45) is 10.9. The number of allylic oxidation sites excluding steroid dienone is 2. The van der Waals surface area contributed by atoms with Crippen LogP contribution in [-0.4, -0.2) is 54.2 Å². The Balaban J connectivity index is 1.27. The van der Waals surface area contributed by atoms with E-state index < -0.39 is 23.4 Å². The van der Waals surface area contributed by atoms with Gasteiger partial charge in [0.05, 0.1) is 22.6 Å². The molecule has 1 aromatic heterocycles. The molecular formula is C29H27F2N4O3PS. The van der Waals surface area contributed by atoms with Crippen molar-refractivity contribution >= 4 is 54.2 Å². The molecule has 0 bridgehead atoms. The molecule has 0 saturated heterocycles. The zero-order valence-electron chi connectivity index (χ0n) is 21.7. The highest BCUT2D eigenvalue weighted by atomic mass is 32.1. The van der Waals surface area contributed by atoms with E-state index in [2.05, 4.69) is 9.24 Å². The molecule has 7 nitrogen and oxygen atoms in total. The van der Waals surface area contributed by atoms with E-state index in [1.54, 1.807) is 48.4 Å². The normalized spacial score (nSPS) is 17.4. The van der Waals surface area contributed by atoms with Gasteiger partial charge >= 0.3 is 0 Å². The van der Waals surface area contributed by atoms with Crippen molar-refractivity contribution in [3.63, 3.8) is 0 Å². The number of amides is 3. The van der Waals surface area contributed by atoms with Crippen LogP contribution < -0.4 is 15.3 Å². The molecule has 1 aromatic carbocycles. The number of carbonyl (C=O) groups is 3. The minimum absolute atomic E-state index is 0.104. The third-order valence-corrected chi connectivity index (χ3v) is 8.32. The number of thiophene rings is 1. The molecule has 0 fully saturated rings. The molecule has 3 amide bonds. The summed E-state index contributed by atoms with van der Waals surface area (Å²) in [5.74, 6) is -2.44. The van der Waals surface area contributed by atoms with Crippen molar-refractivity contribution in [2.45, 2.75) is 12.8 Å². The molecule has 3 heterocycles. The fourth-order valence-electron chi connectivity index (χ4n) is 4.85. The van der Waals surface area contributed by atoms with Crippen molar-refractivity contribution in [1.82, 2.24) is 9.80 Å². The van der Waals surface area contributed by atoms with Crippen LogP contribution in [0.15, 0.2) is 77.7 Å². The third kappa shape index (κ3) is 5.42. The molecule has 2 aromatic rings. The Bertz CT molecular complexity index is 1520. The van der Waals surface area contributed by atoms with Gasteiger partial charge < -0.3 is 15.5 Å². The van der Waals surface area contributed by atoms with Crippen LogP contribution in [0.5, 0.6) is 0 Å². The molecule has 40 heavy (non-hydrogen) atoms. The van der Waals surface area contributed by atoms with Gasteiger partial charge in [-0.3, -0.25) is 19.3 Å². The summed E-state index contributed by atoms with van der Waals surface area (Å²) in [5, 5.41) is 0. The van der Waals surface area contributed by atoms with E-state index in [4.69, 9.17) is 5.73 Å². The van der Waals surface area contributed by atoms with Crippen LogP contribution in [0, 0.1) is 11.6 Å². The molecule has 1 atom stereocenters. The summed E-state index contributed by atoms with van der Waals surface area (Å²) < 4.78 is 31.3. The predicted molar refractivity (Wildman–Crippen MR) is 156 cm³/mol. The molecule has 206 valence electrons. The van der Waals surface area contributed by atoms with Crippen molar-refractivity contribution in [1.29, 1.82) is 0 Å². The smallest absolute Gasteiger partial charge is 0.264 e. The highest BCUT2D eigenvalue weighted by Gasteiger charge is 2.36. The van der Waals surface area contributed by atoms with E-state index in [0.717, 1.165) is 9.52 Å². The second-order valence-electron chi connectivity index (χ2n) is 9.60. The first-order valence-electron chi connectivity index (χ1n) is 12.6. The van der Waals surface area contributed by atoms with Crippen LogP contribution in [0.4, 0.5) is 14.5 Å². The lowest BCUT2D eigenvalue weighted by atomic mass is 9.97. The standard InChI is InChI=1S/C29H27F2N4O3PS/c1-33(15-18(32)16-35-27(36)20-5-3-2-4-6-21(20)28(35)37)19-13-22(30)26(23(31)14-19)17-9-11-34(12-10-17)29(38)24-7-8-25(39)40-24/h3-9,13-15H,2,10-12,16,32,39H2,1H3/b18-15-. The molecule has 5 rings (SSSR count). The molecule has 0 spiro atoms. The second-order valence-corrected chi connectivity index (χ2v) is 11.8. The molecule has 1 aliphatic carbocycles. The fraction of sp³-hybridized carbons (Fsp3) is 0.207. The maximum Gasteiger partial charge on any atom is 0.264 e. The molecule has 2 N–H and O–H groups in total. The number of rotatable bonds is 6. The molecular weight excluding hydrogens is 553 g/mol. The number of benzene rings is 1. The summed E-state index contributed by atoms with van der Waals surface area (Å²) in [4.78, 5) is 42.9. The van der Waals surface area contributed by atoms with Gasteiger partial charge in [0.15, 0.2) is 0 Å². The lowest BCUT2D eigenvalue weighted by Gasteiger charge is -2.27. The Morgan fingerprint density at radius 2 is 1.77 bits per heavy atom. The van der Waals surface area contributed by atoms with E-state index >= 15 is 8.78 Å². The number of anilines is 1. The van der Waals surface area contributed by atoms with E-state index in [9.17, 15) is 14.4 Å². The quantitative estimate of drug-likeness (QED) is 0.414. The molecule has 11 heteroatoms. The number of imide groups is 1. The Kier molecular flexibility index (Phi) is 7.83. The highest BCUT2D eigenvalue weighted by Crippen LogP contribution is 2.31. The number of hydrogen-bond donors (Lipinski definition) is 1. The highest BCUT2D eigenvalue weighted by molar-refractivity contribution is 7.43. The maximum absolute atomic E-state index is 15.2. The van der Waals surface area contributed by atoms with Crippen LogP contribution in [0.3, 0.4) is 0 Å². The van der Waals surface area contributed by atoms with Crippen LogP contribution in [0.25, 0.3) is 5.57 Å². The second kappa shape index (κ2) is 11.3. The molecule has 0 saturated carbocycles. The average Bonchev–Trinajstić information content (AvgIpc) is 3.32. The number of carbonyl (C=O) groups excluding carboxylic acids is 3. The number of nitrogens with zero attached hydrogens (tertiary/aromatic N) is 3. The Morgan fingerprint density at radius 3 is 2.33 bits per heavy atom. The zero-order chi connectivity index (χ0) is 28.6. The number of halogens is 2. The van der Waals surface area contributed by atoms with Gasteiger partial charge in [-0.15, -0.1) is 11.3 Å². The van der Waals surface area contributed by atoms with Gasteiger partial charge in [-0.1, -0.05) is 39.6 Å². The summed E-state index contributed by atoms with van der Waals surface area (Å²) in [6.45, 7) is 0.452. The van der Waals surface area contributed by atoms with Crippen LogP contribution in [-0.2, 0) is 9.59 Å².